The van der Waals surface area contributed by atoms with Crippen LogP contribution in [-0.4, -0.2) is 4.98 Å². The molecular formula is C22H19NOS. The van der Waals surface area contributed by atoms with Crippen LogP contribution >= 0.6 is 11.3 Å². The summed E-state index contributed by atoms with van der Waals surface area (Å²) in [5, 5.41) is 1.28. The van der Waals surface area contributed by atoms with Crippen LogP contribution in [0.5, 0.6) is 5.75 Å². The van der Waals surface area contributed by atoms with E-state index in [1.165, 1.54) is 20.5 Å². The molecule has 0 amide bonds. The van der Waals surface area contributed by atoms with E-state index in [0.717, 1.165) is 23.3 Å². The van der Waals surface area contributed by atoms with E-state index in [2.05, 4.69) is 60.4 Å². The Balaban J connectivity index is 1.54. The van der Waals surface area contributed by atoms with Gasteiger partial charge >= 0.3 is 0 Å². The minimum atomic E-state index is 0.527. The standard InChI is InChI=1S/C22H19NOS/c1-2-16-6-5-8-20(11-16)24-15-17-10-19(14-23-13-17)22-12-18-7-3-4-9-21(18)25-22/h3-14H,2,15H2,1H3. The summed E-state index contributed by atoms with van der Waals surface area (Å²) in [6.07, 6.45) is 4.81. The van der Waals surface area contributed by atoms with Crippen LogP contribution in [0, 0.1) is 0 Å². The molecule has 124 valence electrons. The maximum atomic E-state index is 5.95. The molecule has 4 rings (SSSR count). The summed E-state index contributed by atoms with van der Waals surface area (Å²) in [5.41, 5.74) is 3.51. The lowest BCUT2D eigenvalue weighted by Gasteiger charge is -2.08. The zero-order chi connectivity index (χ0) is 17.1. The van der Waals surface area contributed by atoms with E-state index >= 15 is 0 Å². The van der Waals surface area contributed by atoms with Gasteiger partial charge in [-0.25, -0.2) is 0 Å². The van der Waals surface area contributed by atoms with Crippen LogP contribution in [-0.2, 0) is 13.0 Å². The van der Waals surface area contributed by atoms with Crippen molar-refractivity contribution in [2.75, 3.05) is 0 Å². The number of rotatable bonds is 5. The minimum Gasteiger partial charge on any atom is -0.489 e. The number of pyridine rings is 1. The van der Waals surface area contributed by atoms with E-state index in [1.54, 1.807) is 11.3 Å². The fourth-order valence-corrected chi connectivity index (χ4v) is 3.89. The first kappa shape index (κ1) is 15.9. The summed E-state index contributed by atoms with van der Waals surface area (Å²) in [5.74, 6) is 0.909. The van der Waals surface area contributed by atoms with Gasteiger partial charge in [-0.05, 0) is 47.7 Å². The summed E-state index contributed by atoms with van der Waals surface area (Å²) < 4.78 is 7.25. The normalized spacial score (nSPS) is 10.9. The van der Waals surface area contributed by atoms with Gasteiger partial charge in [0.2, 0.25) is 0 Å². The number of aryl methyl sites for hydroxylation is 1. The molecule has 0 saturated carbocycles. The molecule has 25 heavy (non-hydrogen) atoms. The van der Waals surface area contributed by atoms with Crippen molar-refractivity contribution in [1.82, 2.24) is 4.98 Å². The van der Waals surface area contributed by atoms with Gasteiger partial charge in [0, 0.05) is 33.1 Å². The van der Waals surface area contributed by atoms with E-state index in [1.807, 2.05) is 24.5 Å². The number of benzene rings is 2. The molecule has 2 aromatic heterocycles. The predicted octanol–water partition coefficient (Wildman–Crippen LogP) is 6.10. The summed E-state index contributed by atoms with van der Waals surface area (Å²) in [6.45, 7) is 2.68. The zero-order valence-electron chi connectivity index (χ0n) is 14.1. The molecule has 3 heteroatoms. The second-order valence-corrected chi connectivity index (χ2v) is 7.10. The van der Waals surface area contributed by atoms with Gasteiger partial charge in [0.15, 0.2) is 0 Å². The van der Waals surface area contributed by atoms with Crippen molar-refractivity contribution in [3.63, 3.8) is 0 Å². The predicted molar refractivity (Wildman–Crippen MR) is 105 cm³/mol. The van der Waals surface area contributed by atoms with Gasteiger partial charge in [-0.15, -0.1) is 11.3 Å². The molecule has 2 heterocycles. The number of aromatic nitrogens is 1. The maximum absolute atomic E-state index is 5.95. The van der Waals surface area contributed by atoms with Crippen LogP contribution in [0.25, 0.3) is 20.5 Å². The van der Waals surface area contributed by atoms with Crippen LogP contribution in [0.1, 0.15) is 18.1 Å². The second-order valence-electron chi connectivity index (χ2n) is 6.02. The second kappa shape index (κ2) is 7.08. The zero-order valence-corrected chi connectivity index (χ0v) is 14.9. The number of ether oxygens (including phenoxy) is 1. The quantitative estimate of drug-likeness (QED) is 0.436. The van der Waals surface area contributed by atoms with Crippen molar-refractivity contribution >= 4 is 21.4 Å². The largest absolute Gasteiger partial charge is 0.489 e. The van der Waals surface area contributed by atoms with Crippen molar-refractivity contribution in [1.29, 1.82) is 0 Å². The summed E-state index contributed by atoms with van der Waals surface area (Å²) >= 11 is 1.80. The molecule has 2 aromatic carbocycles. The third-order valence-corrected chi connectivity index (χ3v) is 5.38. The average Bonchev–Trinajstić information content (AvgIpc) is 3.11. The molecule has 0 spiro atoms. The summed E-state index contributed by atoms with van der Waals surface area (Å²) in [7, 11) is 0. The van der Waals surface area contributed by atoms with Gasteiger partial charge in [0.1, 0.15) is 12.4 Å². The topological polar surface area (TPSA) is 22.1 Å². The van der Waals surface area contributed by atoms with E-state index in [0.29, 0.717) is 6.61 Å². The van der Waals surface area contributed by atoms with Gasteiger partial charge in [-0.1, -0.05) is 37.3 Å². The van der Waals surface area contributed by atoms with E-state index < -0.39 is 0 Å². The Labute approximate surface area is 151 Å². The first-order chi connectivity index (χ1) is 12.3. The molecule has 0 unspecified atom stereocenters. The van der Waals surface area contributed by atoms with Crippen molar-refractivity contribution in [2.45, 2.75) is 20.0 Å². The highest BCUT2D eigenvalue weighted by Crippen LogP contribution is 2.33. The smallest absolute Gasteiger partial charge is 0.120 e. The van der Waals surface area contributed by atoms with Gasteiger partial charge < -0.3 is 4.74 Å². The summed E-state index contributed by atoms with van der Waals surface area (Å²) in [6, 6.07) is 21.1. The van der Waals surface area contributed by atoms with Gasteiger partial charge in [0.05, 0.1) is 0 Å². The van der Waals surface area contributed by atoms with Crippen LogP contribution in [0.2, 0.25) is 0 Å². The fourth-order valence-electron chi connectivity index (χ4n) is 2.85. The molecule has 2 nitrogen and oxygen atoms in total. The molecule has 0 bridgehead atoms. The van der Waals surface area contributed by atoms with Crippen molar-refractivity contribution in [2.24, 2.45) is 0 Å². The van der Waals surface area contributed by atoms with Crippen molar-refractivity contribution in [3.05, 3.63) is 84.2 Å². The van der Waals surface area contributed by atoms with Crippen LogP contribution in [0.15, 0.2) is 73.1 Å². The Morgan fingerprint density at radius 3 is 2.72 bits per heavy atom. The van der Waals surface area contributed by atoms with Crippen LogP contribution in [0.3, 0.4) is 0 Å². The highest BCUT2D eigenvalue weighted by Gasteiger charge is 2.06. The number of nitrogens with zero attached hydrogens (tertiary/aromatic N) is 1. The number of hydrogen-bond donors (Lipinski definition) is 0. The Morgan fingerprint density at radius 1 is 0.920 bits per heavy atom. The molecule has 0 fully saturated rings. The van der Waals surface area contributed by atoms with Gasteiger partial charge in [-0.3, -0.25) is 4.98 Å². The molecule has 0 saturated heterocycles. The molecule has 0 aliphatic heterocycles. The van der Waals surface area contributed by atoms with Crippen LogP contribution < -0.4 is 4.74 Å². The third-order valence-electron chi connectivity index (χ3n) is 4.22. The van der Waals surface area contributed by atoms with Crippen LogP contribution in [0.4, 0.5) is 0 Å². The SMILES string of the molecule is CCc1cccc(OCc2cncc(-c3cc4ccccc4s3)c2)c1. The third kappa shape index (κ3) is 3.57. The highest BCUT2D eigenvalue weighted by molar-refractivity contribution is 7.22. The maximum Gasteiger partial charge on any atom is 0.120 e. The van der Waals surface area contributed by atoms with E-state index in [9.17, 15) is 0 Å². The highest BCUT2D eigenvalue weighted by atomic mass is 32.1. The Morgan fingerprint density at radius 2 is 1.84 bits per heavy atom. The average molecular weight is 345 g/mol. The van der Waals surface area contributed by atoms with E-state index in [-0.39, 0.29) is 0 Å². The molecule has 0 N–H and O–H groups in total. The molecule has 0 aliphatic carbocycles. The van der Waals surface area contributed by atoms with Gasteiger partial charge in [0.25, 0.3) is 0 Å². The number of fused-ring (bicyclic) bond motifs is 1. The Bertz CT molecular complexity index is 973. The lowest BCUT2D eigenvalue weighted by Crippen LogP contribution is -1.97. The minimum absolute atomic E-state index is 0.527. The molecule has 0 aliphatic rings. The number of thiophene rings is 1. The monoisotopic (exact) mass is 345 g/mol. The van der Waals surface area contributed by atoms with E-state index in [4.69, 9.17) is 4.74 Å². The first-order valence-corrected chi connectivity index (χ1v) is 9.28. The first-order valence-electron chi connectivity index (χ1n) is 8.46. The molecule has 0 atom stereocenters. The number of hydrogen-bond acceptors (Lipinski definition) is 3. The van der Waals surface area contributed by atoms with Gasteiger partial charge in [-0.2, -0.15) is 0 Å². The molecule has 0 radical (unpaired) electrons. The molecule has 4 aromatic rings. The lowest BCUT2D eigenvalue weighted by atomic mass is 10.1. The Hall–Kier alpha value is -2.65. The lowest BCUT2D eigenvalue weighted by molar-refractivity contribution is 0.305. The summed E-state index contributed by atoms with van der Waals surface area (Å²) in [4.78, 5) is 5.64. The molecular weight excluding hydrogens is 326 g/mol. The van der Waals surface area contributed by atoms with Crippen molar-refractivity contribution in [3.8, 4) is 16.2 Å². The Kier molecular flexibility index (Phi) is 4.49. The van der Waals surface area contributed by atoms with Crippen molar-refractivity contribution < 1.29 is 4.74 Å². The fraction of sp³-hybridized carbons (Fsp3) is 0.136.